The summed E-state index contributed by atoms with van der Waals surface area (Å²) in [5.74, 6) is -1.47. The standard InChI is InChI=1S/C3H8O3S.C3H4O2.2H3N/c1-2-3-7(4,5)6;1-2-3(4)5;;/h2-3H2,1H3,(H,4,5,6);2H,1H2,(H,4,5);2*1H3. The van der Waals surface area contributed by atoms with E-state index in [0.29, 0.717) is 6.42 Å². The fraction of sp³-hybridized carbons (Fsp3) is 0.500. The summed E-state index contributed by atoms with van der Waals surface area (Å²) in [6.45, 7) is 4.55. The molecule has 8 N–H and O–H groups in total. The fourth-order valence-corrected chi connectivity index (χ4v) is 0.750. The molecule has 0 saturated heterocycles. The lowest BCUT2D eigenvalue weighted by Crippen LogP contribution is -2.17. The molecule has 0 rings (SSSR count). The molecule has 7 nitrogen and oxygen atoms in total. The largest absolute Gasteiger partial charge is 0.748 e. The molecule has 0 aliphatic carbocycles. The summed E-state index contributed by atoms with van der Waals surface area (Å²) in [5, 5.41) is 9.14. The number of hydrogen-bond acceptors (Lipinski definition) is 5. The first-order valence-corrected chi connectivity index (χ1v) is 4.68. The lowest BCUT2D eigenvalue weighted by molar-refractivity contribution is -0.297. The van der Waals surface area contributed by atoms with Crippen molar-refractivity contribution < 1.29 is 22.9 Å². The fourth-order valence-electron chi connectivity index (χ4n) is 0.250. The van der Waals surface area contributed by atoms with Gasteiger partial charge in [0.15, 0.2) is 0 Å². The van der Waals surface area contributed by atoms with E-state index >= 15 is 0 Å². The molecule has 0 aromatic heterocycles. The zero-order valence-corrected chi connectivity index (χ0v) is 9.46. The van der Waals surface area contributed by atoms with Crippen LogP contribution in [0.3, 0.4) is 0 Å². The van der Waals surface area contributed by atoms with Crippen LogP contribution in [0.2, 0.25) is 0 Å². The highest BCUT2D eigenvalue weighted by molar-refractivity contribution is 7.85. The highest BCUT2D eigenvalue weighted by Crippen LogP contribution is 1.83. The third-order valence-electron chi connectivity index (χ3n) is 0.621. The molecule has 0 aliphatic rings. The number of carboxylic acids is 1. The van der Waals surface area contributed by atoms with Gasteiger partial charge in [-0.3, -0.25) is 0 Å². The second kappa shape index (κ2) is 12.0. The molecule has 8 heteroatoms. The van der Waals surface area contributed by atoms with Crippen LogP contribution in [0.25, 0.3) is 0 Å². The number of carbonyl (C=O) groups is 1. The first-order chi connectivity index (χ1) is 5.33. The van der Waals surface area contributed by atoms with Gasteiger partial charge < -0.3 is 26.8 Å². The Labute approximate surface area is 83.7 Å². The number of carbonyl (C=O) groups excluding carboxylic acids is 1. The summed E-state index contributed by atoms with van der Waals surface area (Å²) < 4.78 is 29.0. The van der Waals surface area contributed by atoms with Crippen molar-refractivity contribution >= 4 is 16.1 Å². The zero-order valence-electron chi connectivity index (χ0n) is 8.65. The predicted molar refractivity (Wildman–Crippen MR) is 52.0 cm³/mol. The van der Waals surface area contributed by atoms with Crippen molar-refractivity contribution in [1.29, 1.82) is 0 Å². The zero-order chi connectivity index (χ0) is 10.2. The van der Waals surface area contributed by atoms with Gasteiger partial charge in [0.2, 0.25) is 0 Å². The number of rotatable bonds is 3. The molecule has 0 saturated carbocycles. The van der Waals surface area contributed by atoms with Crippen LogP contribution in [-0.4, -0.2) is 24.7 Å². The number of quaternary nitrogens is 2. The summed E-state index contributed by atoms with van der Waals surface area (Å²) in [6.07, 6.45) is 1.13. The van der Waals surface area contributed by atoms with Crippen molar-refractivity contribution in [2.24, 2.45) is 0 Å². The van der Waals surface area contributed by atoms with Gasteiger partial charge in [0.05, 0.1) is 16.1 Å². The Morgan fingerprint density at radius 3 is 1.71 bits per heavy atom. The summed E-state index contributed by atoms with van der Waals surface area (Å²) in [5.41, 5.74) is 0. The minimum Gasteiger partial charge on any atom is -0.748 e. The van der Waals surface area contributed by atoms with E-state index in [4.69, 9.17) is 9.90 Å². The third-order valence-corrected chi connectivity index (χ3v) is 1.53. The summed E-state index contributed by atoms with van der Waals surface area (Å²) in [6, 6.07) is 0. The molecular formula is C6H18N2O5S. The molecule has 0 atom stereocenters. The maximum Gasteiger partial charge on any atom is 0.0945 e. The van der Waals surface area contributed by atoms with Gasteiger partial charge in [-0.15, -0.1) is 0 Å². The molecule has 0 spiro atoms. The third kappa shape index (κ3) is 43.8. The smallest absolute Gasteiger partial charge is 0.0945 e. The Morgan fingerprint density at radius 2 is 1.71 bits per heavy atom. The van der Waals surface area contributed by atoms with Crippen molar-refractivity contribution in [3.05, 3.63) is 12.7 Å². The molecule has 0 heterocycles. The van der Waals surface area contributed by atoms with Gasteiger partial charge in [0.1, 0.15) is 0 Å². The number of hydrogen-bond donors (Lipinski definition) is 2. The molecule has 0 amide bonds. The molecule has 0 aliphatic heterocycles. The van der Waals surface area contributed by atoms with E-state index in [9.17, 15) is 13.0 Å². The summed E-state index contributed by atoms with van der Waals surface area (Å²) in [4.78, 5) is 9.14. The van der Waals surface area contributed by atoms with Crippen molar-refractivity contribution in [3.8, 4) is 0 Å². The molecule has 0 fully saturated rings. The molecule has 88 valence electrons. The van der Waals surface area contributed by atoms with E-state index in [1.807, 2.05) is 0 Å². The molecule has 0 unspecified atom stereocenters. The van der Waals surface area contributed by atoms with Gasteiger partial charge in [0, 0.05) is 5.75 Å². The van der Waals surface area contributed by atoms with Crippen LogP contribution in [0.1, 0.15) is 13.3 Å². The predicted octanol–water partition coefficient (Wildman–Crippen LogP) is -0.384. The minimum absolute atomic E-state index is 0. The second-order valence-corrected chi connectivity index (χ2v) is 3.31. The highest BCUT2D eigenvalue weighted by Gasteiger charge is 1.86. The maximum atomic E-state index is 9.68. The number of aliphatic carboxylic acids is 1. The lowest BCUT2D eigenvalue weighted by atomic mass is 10.6. The minimum atomic E-state index is -3.92. The van der Waals surface area contributed by atoms with Gasteiger partial charge >= 0.3 is 0 Å². The van der Waals surface area contributed by atoms with E-state index in [1.54, 1.807) is 6.92 Å². The van der Waals surface area contributed by atoms with Crippen molar-refractivity contribution in [2.75, 3.05) is 5.75 Å². The first kappa shape index (κ1) is 23.1. The van der Waals surface area contributed by atoms with Gasteiger partial charge in [-0.1, -0.05) is 13.5 Å². The van der Waals surface area contributed by atoms with Gasteiger partial charge in [-0.2, -0.15) is 0 Å². The van der Waals surface area contributed by atoms with E-state index in [0.717, 1.165) is 6.08 Å². The lowest BCUT2D eigenvalue weighted by Gasteiger charge is -2.00. The molecule has 0 aromatic rings. The van der Waals surface area contributed by atoms with E-state index in [-0.39, 0.29) is 18.1 Å². The topological polar surface area (TPSA) is 170 Å². The Balaban J connectivity index is -0.0000000651. The quantitative estimate of drug-likeness (QED) is 0.496. The average Bonchev–Trinajstić information content (AvgIpc) is 1.86. The molecule has 0 bridgehead atoms. The average molecular weight is 230 g/mol. The first-order valence-electron chi connectivity index (χ1n) is 3.10. The SMILES string of the molecule is C=CC(=O)[O-].CCCS(=O)(=O)[O-].[NH4+].[NH4+]. The second-order valence-electron chi connectivity index (χ2n) is 1.78. The van der Waals surface area contributed by atoms with E-state index < -0.39 is 16.1 Å². The summed E-state index contributed by atoms with van der Waals surface area (Å²) >= 11 is 0. The van der Waals surface area contributed by atoms with Crippen molar-refractivity contribution in [2.45, 2.75) is 13.3 Å². The Kier molecular flexibility index (Phi) is 19.9. The van der Waals surface area contributed by atoms with Crippen molar-refractivity contribution in [1.82, 2.24) is 12.3 Å². The summed E-state index contributed by atoms with van der Waals surface area (Å²) in [7, 11) is -3.92. The number of carboxylic acid groups (broad SMARTS) is 1. The van der Waals surface area contributed by atoms with Crippen LogP contribution < -0.4 is 17.4 Å². The molecule has 14 heavy (non-hydrogen) atoms. The molecule has 0 aromatic carbocycles. The Hall–Kier alpha value is -0.960. The van der Waals surface area contributed by atoms with Gasteiger partial charge in [0.25, 0.3) is 0 Å². The van der Waals surface area contributed by atoms with Crippen molar-refractivity contribution in [3.63, 3.8) is 0 Å². The monoisotopic (exact) mass is 230 g/mol. The Bertz CT molecular complexity index is 237. The van der Waals surface area contributed by atoms with Crippen LogP contribution >= 0.6 is 0 Å². The van der Waals surface area contributed by atoms with E-state index in [2.05, 4.69) is 6.58 Å². The van der Waals surface area contributed by atoms with Crippen LogP contribution in [-0.2, 0) is 14.9 Å². The van der Waals surface area contributed by atoms with Crippen LogP contribution in [0.15, 0.2) is 12.7 Å². The van der Waals surface area contributed by atoms with Crippen LogP contribution in [0, 0.1) is 0 Å². The van der Waals surface area contributed by atoms with Crippen LogP contribution in [0.5, 0.6) is 0 Å². The van der Waals surface area contributed by atoms with E-state index in [1.165, 1.54) is 0 Å². The van der Waals surface area contributed by atoms with Gasteiger partial charge in [-0.05, 0) is 12.5 Å². The van der Waals surface area contributed by atoms with Crippen LogP contribution in [0.4, 0.5) is 0 Å². The molecule has 0 radical (unpaired) electrons. The maximum absolute atomic E-state index is 9.68. The Morgan fingerprint density at radius 1 is 1.43 bits per heavy atom. The highest BCUT2D eigenvalue weighted by atomic mass is 32.2. The molecular weight excluding hydrogens is 212 g/mol. The van der Waals surface area contributed by atoms with Gasteiger partial charge in [-0.25, -0.2) is 8.42 Å². The normalized spacial score (nSPS) is 8.14.